The van der Waals surface area contributed by atoms with Crippen molar-refractivity contribution in [2.75, 3.05) is 0 Å². The molecular formula is C12H6Br2O. The Morgan fingerprint density at radius 2 is 1.60 bits per heavy atom. The number of carbonyl (C=O) groups is 1. The van der Waals surface area contributed by atoms with Crippen LogP contribution in [0, 0.1) is 0 Å². The molecule has 2 aromatic rings. The summed E-state index contributed by atoms with van der Waals surface area (Å²) in [5.74, 6) is 0.100. The largest absolute Gasteiger partial charge is 0.291 e. The molecule has 0 fully saturated rings. The Labute approximate surface area is 104 Å². The van der Waals surface area contributed by atoms with Crippen molar-refractivity contribution < 1.29 is 4.79 Å². The fourth-order valence-electron chi connectivity index (χ4n) is 1.92. The third-order valence-corrected chi connectivity index (χ3v) is 4.33. The summed E-state index contributed by atoms with van der Waals surface area (Å²) in [4.78, 5) is 11.7. The molecule has 0 radical (unpaired) electrons. The summed E-state index contributed by atoms with van der Waals surface area (Å²) in [7, 11) is 0. The predicted molar refractivity (Wildman–Crippen MR) is 67.8 cm³/mol. The van der Waals surface area contributed by atoms with Crippen molar-refractivity contribution in [3.8, 4) is 0 Å². The number of ketones is 1. The molecule has 0 aliphatic heterocycles. The van der Waals surface area contributed by atoms with Gasteiger partial charge in [-0.05, 0) is 28.5 Å². The second-order valence-corrected chi connectivity index (χ2v) is 7.09. The summed E-state index contributed by atoms with van der Waals surface area (Å²) >= 11 is 6.76. The van der Waals surface area contributed by atoms with Crippen LogP contribution >= 0.6 is 31.9 Å². The molecule has 2 aromatic carbocycles. The van der Waals surface area contributed by atoms with Crippen LogP contribution in [0.1, 0.15) is 15.9 Å². The number of hydrogen-bond donors (Lipinski definition) is 0. The summed E-state index contributed by atoms with van der Waals surface area (Å²) in [6.07, 6.45) is 0. The maximum atomic E-state index is 11.7. The number of rotatable bonds is 0. The zero-order valence-corrected chi connectivity index (χ0v) is 10.8. The van der Waals surface area contributed by atoms with Gasteiger partial charge < -0.3 is 0 Å². The summed E-state index contributed by atoms with van der Waals surface area (Å²) in [6.45, 7) is 0. The van der Waals surface area contributed by atoms with E-state index in [-0.39, 0.29) is 5.78 Å². The van der Waals surface area contributed by atoms with Gasteiger partial charge in [-0.1, -0.05) is 56.1 Å². The first-order valence-corrected chi connectivity index (χ1v) is 6.15. The van der Waals surface area contributed by atoms with Gasteiger partial charge >= 0.3 is 0 Å². The van der Waals surface area contributed by atoms with Crippen LogP contribution in [0.2, 0.25) is 0 Å². The topological polar surface area (TPSA) is 17.1 Å². The van der Waals surface area contributed by atoms with Gasteiger partial charge in [-0.15, -0.1) is 0 Å². The average molecular weight is 326 g/mol. The van der Waals surface area contributed by atoms with Crippen molar-refractivity contribution in [1.29, 1.82) is 0 Å². The van der Waals surface area contributed by atoms with Gasteiger partial charge in [0.1, 0.15) is 0 Å². The van der Waals surface area contributed by atoms with Crippen LogP contribution in [0.15, 0.2) is 36.4 Å². The van der Waals surface area contributed by atoms with Gasteiger partial charge in [-0.3, -0.25) is 4.79 Å². The van der Waals surface area contributed by atoms with Crippen molar-refractivity contribution in [3.63, 3.8) is 0 Å². The highest BCUT2D eigenvalue weighted by Gasteiger charge is 2.47. The number of Topliss-reactive ketones (excluding diaryl/α,β-unsaturated/α-hetero) is 1. The molecule has 0 spiro atoms. The van der Waals surface area contributed by atoms with Crippen molar-refractivity contribution in [2.45, 2.75) is 3.23 Å². The van der Waals surface area contributed by atoms with Crippen molar-refractivity contribution in [2.24, 2.45) is 0 Å². The van der Waals surface area contributed by atoms with E-state index in [0.29, 0.717) is 0 Å². The lowest BCUT2D eigenvalue weighted by atomic mass is 9.84. The van der Waals surface area contributed by atoms with Gasteiger partial charge in [0.2, 0.25) is 0 Å². The molecule has 3 rings (SSSR count). The van der Waals surface area contributed by atoms with Crippen LogP contribution in [-0.4, -0.2) is 5.78 Å². The number of alkyl halides is 2. The maximum absolute atomic E-state index is 11.7. The number of halogens is 2. The zero-order chi connectivity index (χ0) is 10.6. The summed E-state index contributed by atoms with van der Waals surface area (Å²) in [6, 6.07) is 12.1. The monoisotopic (exact) mass is 324 g/mol. The van der Waals surface area contributed by atoms with E-state index in [9.17, 15) is 4.79 Å². The maximum Gasteiger partial charge on any atom is 0.195 e. The molecule has 74 valence electrons. The lowest BCUT2D eigenvalue weighted by Gasteiger charge is -2.32. The Kier molecular flexibility index (Phi) is 1.86. The first-order valence-electron chi connectivity index (χ1n) is 4.56. The summed E-state index contributed by atoms with van der Waals surface area (Å²) in [5.41, 5.74) is 1.83. The van der Waals surface area contributed by atoms with E-state index in [1.807, 2.05) is 24.3 Å². The molecule has 0 bridgehead atoms. The smallest absolute Gasteiger partial charge is 0.195 e. The second-order valence-electron chi connectivity index (χ2n) is 3.65. The van der Waals surface area contributed by atoms with Crippen LogP contribution in [0.25, 0.3) is 10.8 Å². The second kappa shape index (κ2) is 2.92. The highest BCUT2D eigenvalue weighted by atomic mass is 79.9. The van der Waals surface area contributed by atoms with E-state index in [1.54, 1.807) is 0 Å². The van der Waals surface area contributed by atoms with E-state index in [2.05, 4.69) is 44.0 Å². The first kappa shape index (κ1) is 9.55. The van der Waals surface area contributed by atoms with Crippen molar-refractivity contribution in [1.82, 2.24) is 0 Å². The van der Waals surface area contributed by atoms with Gasteiger partial charge in [0.05, 0.1) is 0 Å². The normalized spacial score (nSPS) is 17.3. The molecule has 1 nitrogen and oxygen atoms in total. The van der Waals surface area contributed by atoms with E-state index in [1.165, 1.54) is 0 Å². The van der Waals surface area contributed by atoms with Crippen LogP contribution in [0.4, 0.5) is 0 Å². The molecule has 0 amide bonds. The molecule has 0 atom stereocenters. The molecule has 0 N–H and O–H groups in total. The number of carbonyl (C=O) groups excluding carboxylic acids is 1. The molecule has 1 aliphatic rings. The lowest BCUT2D eigenvalue weighted by Crippen LogP contribution is -2.35. The Morgan fingerprint density at radius 3 is 2.27 bits per heavy atom. The van der Waals surface area contributed by atoms with E-state index in [0.717, 1.165) is 21.9 Å². The van der Waals surface area contributed by atoms with Gasteiger partial charge in [0, 0.05) is 5.56 Å². The third-order valence-electron chi connectivity index (χ3n) is 2.75. The predicted octanol–water partition coefficient (Wildman–Crippen LogP) is 3.98. The SMILES string of the molecule is O=C1c2cc3ccccc3cc2C1(Br)Br. The number of fused-ring (bicyclic) bond motifs is 2. The fourth-order valence-corrected chi connectivity index (χ4v) is 3.00. The quantitative estimate of drug-likeness (QED) is 0.670. The van der Waals surface area contributed by atoms with Crippen molar-refractivity contribution in [3.05, 3.63) is 47.5 Å². The molecule has 15 heavy (non-hydrogen) atoms. The average Bonchev–Trinajstić information content (AvgIpc) is 2.27. The minimum Gasteiger partial charge on any atom is -0.291 e. The molecule has 0 saturated heterocycles. The van der Waals surface area contributed by atoms with Crippen LogP contribution < -0.4 is 0 Å². The standard InChI is InChI=1S/C12H6Br2O/c13-12(14)10-6-8-4-2-1-3-7(8)5-9(10)11(12)15/h1-6H. The highest BCUT2D eigenvalue weighted by Crippen LogP contribution is 2.51. The summed E-state index contributed by atoms with van der Waals surface area (Å²) < 4.78 is -0.653. The first-order chi connectivity index (χ1) is 7.10. The minimum atomic E-state index is -0.653. The van der Waals surface area contributed by atoms with Gasteiger partial charge in [0.25, 0.3) is 0 Å². The van der Waals surface area contributed by atoms with E-state index in [4.69, 9.17) is 0 Å². The number of hydrogen-bond acceptors (Lipinski definition) is 1. The van der Waals surface area contributed by atoms with Crippen LogP contribution in [0.3, 0.4) is 0 Å². The van der Waals surface area contributed by atoms with Gasteiger partial charge in [-0.25, -0.2) is 0 Å². The van der Waals surface area contributed by atoms with E-state index < -0.39 is 3.23 Å². The Morgan fingerprint density at radius 1 is 1.00 bits per heavy atom. The molecule has 0 heterocycles. The third kappa shape index (κ3) is 1.16. The van der Waals surface area contributed by atoms with Crippen LogP contribution in [0.5, 0.6) is 0 Å². The van der Waals surface area contributed by atoms with E-state index >= 15 is 0 Å². The Hall–Kier alpha value is -0.670. The molecule has 3 heteroatoms. The zero-order valence-electron chi connectivity index (χ0n) is 7.63. The Bertz CT molecular complexity index is 587. The lowest BCUT2D eigenvalue weighted by molar-refractivity contribution is 0.0955. The molecule has 0 aromatic heterocycles. The molecule has 1 aliphatic carbocycles. The molecular weight excluding hydrogens is 320 g/mol. The molecule has 0 unspecified atom stereocenters. The van der Waals surface area contributed by atoms with Gasteiger partial charge in [0.15, 0.2) is 9.02 Å². The summed E-state index contributed by atoms with van der Waals surface area (Å²) in [5, 5.41) is 2.27. The Balaban J connectivity index is 2.37. The van der Waals surface area contributed by atoms with Crippen molar-refractivity contribution >= 4 is 48.4 Å². The van der Waals surface area contributed by atoms with Gasteiger partial charge in [-0.2, -0.15) is 0 Å². The fraction of sp³-hybridized carbons (Fsp3) is 0.0833. The number of benzene rings is 2. The molecule has 0 saturated carbocycles. The highest BCUT2D eigenvalue weighted by molar-refractivity contribution is 9.25. The minimum absolute atomic E-state index is 0.100. The van der Waals surface area contributed by atoms with Crippen LogP contribution in [-0.2, 0) is 3.23 Å².